The summed E-state index contributed by atoms with van der Waals surface area (Å²) in [4.78, 5) is 31.0. The van der Waals surface area contributed by atoms with Gasteiger partial charge >= 0.3 is 5.97 Å². The molecule has 0 atom stereocenters. The van der Waals surface area contributed by atoms with Gasteiger partial charge in [-0.2, -0.15) is 0 Å². The summed E-state index contributed by atoms with van der Waals surface area (Å²) >= 11 is 0. The third-order valence-electron chi connectivity index (χ3n) is 3.84. The molecule has 0 saturated carbocycles. The van der Waals surface area contributed by atoms with E-state index in [9.17, 15) is 9.59 Å². The normalized spacial score (nSPS) is 10.3. The largest absolute Gasteiger partial charge is 0.452 e. The van der Waals surface area contributed by atoms with Gasteiger partial charge in [-0.25, -0.2) is 9.78 Å². The third kappa shape index (κ3) is 4.57. The van der Waals surface area contributed by atoms with Crippen LogP contribution < -0.4 is 5.32 Å². The summed E-state index contributed by atoms with van der Waals surface area (Å²) in [6.45, 7) is 2.09. The van der Waals surface area contributed by atoms with E-state index >= 15 is 0 Å². The van der Waals surface area contributed by atoms with Crippen LogP contribution in [0.5, 0.6) is 0 Å². The topological polar surface area (TPSA) is 84.1 Å². The number of imidazole rings is 1. The Bertz CT molecular complexity index is 870. The van der Waals surface area contributed by atoms with E-state index in [2.05, 4.69) is 15.3 Å². The molecular weight excluding hydrogens is 330 g/mol. The van der Waals surface area contributed by atoms with Gasteiger partial charge in [-0.1, -0.05) is 42.0 Å². The van der Waals surface area contributed by atoms with Crippen LogP contribution in [0.3, 0.4) is 0 Å². The van der Waals surface area contributed by atoms with Gasteiger partial charge in [0.25, 0.3) is 5.91 Å². The zero-order valence-electron chi connectivity index (χ0n) is 14.4. The maximum absolute atomic E-state index is 12.0. The molecule has 0 aliphatic carbocycles. The van der Waals surface area contributed by atoms with Gasteiger partial charge in [-0.05, 0) is 24.6 Å². The fourth-order valence-electron chi connectivity index (χ4n) is 2.36. The van der Waals surface area contributed by atoms with E-state index < -0.39 is 5.97 Å². The SMILES string of the molecule is Cc1ccc(CNC(=O)COC(=O)c2ccc(-c3ncc[nH]3)cc2)cc1. The molecule has 0 saturated heterocycles. The van der Waals surface area contributed by atoms with Gasteiger partial charge in [-0.3, -0.25) is 4.79 Å². The third-order valence-corrected chi connectivity index (χ3v) is 3.84. The van der Waals surface area contributed by atoms with Crippen molar-refractivity contribution < 1.29 is 14.3 Å². The van der Waals surface area contributed by atoms with Crippen LogP contribution in [0.25, 0.3) is 11.4 Å². The second-order valence-electron chi connectivity index (χ2n) is 5.85. The number of aryl methyl sites for hydroxylation is 1. The number of aromatic nitrogens is 2. The van der Waals surface area contributed by atoms with E-state index in [1.54, 1.807) is 36.7 Å². The van der Waals surface area contributed by atoms with Gasteiger partial charge in [-0.15, -0.1) is 0 Å². The molecule has 0 aliphatic rings. The number of nitrogens with zero attached hydrogens (tertiary/aromatic N) is 1. The van der Waals surface area contributed by atoms with Crippen LogP contribution in [0, 0.1) is 6.92 Å². The summed E-state index contributed by atoms with van der Waals surface area (Å²) in [5.41, 5.74) is 3.39. The molecule has 6 nitrogen and oxygen atoms in total. The first-order chi connectivity index (χ1) is 12.6. The highest BCUT2D eigenvalue weighted by molar-refractivity contribution is 5.91. The lowest BCUT2D eigenvalue weighted by Gasteiger charge is -2.07. The number of esters is 1. The lowest BCUT2D eigenvalue weighted by Crippen LogP contribution is -2.28. The first-order valence-electron chi connectivity index (χ1n) is 8.21. The quantitative estimate of drug-likeness (QED) is 0.670. The molecule has 0 aliphatic heterocycles. The summed E-state index contributed by atoms with van der Waals surface area (Å²) < 4.78 is 5.05. The van der Waals surface area contributed by atoms with Crippen molar-refractivity contribution in [3.63, 3.8) is 0 Å². The highest BCUT2D eigenvalue weighted by Gasteiger charge is 2.11. The molecule has 26 heavy (non-hydrogen) atoms. The number of hydrogen-bond donors (Lipinski definition) is 2. The number of ether oxygens (including phenoxy) is 1. The molecular formula is C20H19N3O3. The number of benzene rings is 2. The number of carbonyl (C=O) groups excluding carboxylic acids is 2. The minimum atomic E-state index is -0.540. The zero-order valence-corrected chi connectivity index (χ0v) is 14.4. The van der Waals surface area contributed by atoms with Crippen molar-refractivity contribution in [3.05, 3.63) is 77.6 Å². The van der Waals surface area contributed by atoms with Crippen LogP contribution in [0.1, 0.15) is 21.5 Å². The van der Waals surface area contributed by atoms with Crippen molar-refractivity contribution in [1.29, 1.82) is 0 Å². The summed E-state index contributed by atoms with van der Waals surface area (Å²) in [6.07, 6.45) is 3.39. The molecule has 1 amide bonds. The van der Waals surface area contributed by atoms with Crippen molar-refractivity contribution in [2.24, 2.45) is 0 Å². The van der Waals surface area contributed by atoms with Crippen LogP contribution in [-0.4, -0.2) is 28.5 Å². The summed E-state index contributed by atoms with van der Waals surface area (Å²) in [5, 5.41) is 2.72. The summed E-state index contributed by atoms with van der Waals surface area (Å²) in [6, 6.07) is 14.7. The molecule has 2 N–H and O–H groups in total. The second-order valence-corrected chi connectivity index (χ2v) is 5.85. The van der Waals surface area contributed by atoms with Gasteiger partial charge in [0.15, 0.2) is 6.61 Å². The molecule has 0 radical (unpaired) electrons. The van der Waals surface area contributed by atoms with E-state index in [0.717, 1.165) is 22.5 Å². The molecule has 3 rings (SSSR count). The van der Waals surface area contributed by atoms with Crippen LogP contribution in [0.4, 0.5) is 0 Å². The van der Waals surface area contributed by atoms with E-state index in [0.29, 0.717) is 12.1 Å². The molecule has 2 aromatic carbocycles. The first-order valence-corrected chi connectivity index (χ1v) is 8.21. The Labute approximate surface area is 151 Å². The van der Waals surface area contributed by atoms with E-state index in [1.807, 2.05) is 31.2 Å². The standard InChI is InChI=1S/C20H19N3O3/c1-14-2-4-15(5-3-14)12-23-18(24)13-26-20(25)17-8-6-16(7-9-17)19-21-10-11-22-19/h2-11H,12-13H2,1H3,(H,21,22)(H,23,24). The van der Waals surface area contributed by atoms with Gasteiger partial charge in [0.1, 0.15) is 5.82 Å². The Kier molecular flexibility index (Phi) is 5.43. The lowest BCUT2D eigenvalue weighted by atomic mass is 10.1. The van der Waals surface area contributed by atoms with Crippen molar-refractivity contribution in [2.75, 3.05) is 6.61 Å². The average molecular weight is 349 g/mol. The molecule has 1 aromatic heterocycles. The van der Waals surface area contributed by atoms with Crippen molar-refractivity contribution >= 4 is 11.9 Å². The minimum absolute atomic E-state index is 0.315. The molecule has 0 unspecified atom stereocenters. The lowest BCUT2D eigenvalue weighted by molar-refractivity contribution is -0.124. The Morgan fingerprint density at radius 2 is 1.81 bits per heavy atom. The smallest absolute Gasteiger partial charge is 0.338 e. The van der Waals surface area contributed by atoms with Crippen LogP contribution in [0.2, 0.25) is 0 Å². The first kappa shape index (κ1) is 17.4. The van der Waals surface area contributed by atoms with Crippen LogP contribution in [-0.2, 0) is 16.1 Å². The minimum Gasteiger partial charge on any atom is -0.452 e. The molecule has 0 fully saturated rings. The Morgan fingerprint density at radius 3 is 2.46 bits per heavy atom. The number of aromatic amines is 1. The fourth-order valence-corrected chi connectivity index (χ4v) is 2.36. The van der Waals surface area contributed by atoms with Crippen molar-refractivity contribution in [3.8, 4) is 11.4 Å². The van der Waals surface area contributed by atoms with Crippen LogP contribution in [0.15, 0.2) is 60.9 Å². The van der Waals surface area contributed by atoms with Crippen molar-refractivity contribution in [2.45, 2.75) is 13.5 Å². The number of nitrogens with one attached hydrogen (secondary N) is 2. The monoisotopic (exact) mass is 349 g/mol. The van der Waals surface area contributed by atoms with Crippen molar-refractivity contribution in [1.82, 2.24) is 15.3 Å². The van der Waals surface area contributed by atoms with Gasteiger partial charge in [0.2, 0.25) is 0 Å². The van der Waals surface area contributed by atoms with Gasteiger partial charge in [0.05, 0.1) is 5.56 Å². The van der Waals surface area contributed by atoms with E-state index in [1.165, 1.54) is 0 Å². The molecule has 3 aromatic rings. The predicted molar refractivity (Wildman–Crippen MR) is 97.3 cm³/mol. The number of amides is 1. The number of H-pyrrole nitrogens is 1. The van der Waals surface area contributed by atoms with Gasteiger partial charge < -0.3 is 15.0 Å². The number of carbonyl (C=O) groups is 2. The number of hydrogen-bond acceptors (Lipinski definition) is 4. The average Bonchev–Trinajstić information content (AvgIpc) is 3.20. The highest BCUT2D eigenvalue weighted by Crippen LogP contribution is 2.15. The predicted octanol–water partition coefficient (Wildman–Crippen LogP) is 2.86. The Hall–Kier alpha value is -3.41. The van der Waals surface area contributed by atoms with E-state index in [-0.39, 0.29) is 12.5 Å². The Morgan fingerprint density at radius 1 is 1.08 bits per heavy atom. The zero-order chi connectivity index (χ0) is 18.4. The fraction of sp³-hybridized carbons (Fsp3) is 0.150. The molecule has 6 heteroatoms. The number of rotatable bonds is 6. The highest BCUT2D eigenvalue weighted by atomic mass is 16.5. The van der Waals surface area contributed by atoms with Gasteiger partial charge in [0, 0.05) is 24.5 Å². The second kappa shape index (κ2) is 8.11. The maximum atomic E-state index is 12.0. The molecule has 132 valence electrons. The molecule has 0 bridgehead atoms. The molecule has 0 spiro atoms. The van der Waals surface area contributed by atoms with Crippen LogP contribution >= 0.6 is 0 Å². The molecule has 1 heterocycles. The Balaban J connectivity index is 1.47. The van der Waals surface area contributed by atoms with E-state index in [4.69, 9.17) is 4.74 Å². The summed E-state index contributed by atoms with van der Waals surface area (Å²) in [7, 11) is 0. The summed E-state index contributed by atoms with van der Waals surface area (Å²) in [5.74, 6) is -0.159. The maximum Gasteiger partial charge on any atom is 0.338 e.